The molecule has 0 radical (unpaired) electrons. The normalized spacial score (nSPS) is 11.3. The van der Waals surface area contributed by atoms with E-state index >= 15 is 0 Å². The number of ether oxygens (including phenoxy) is 1. The van der Waals surface area contributed by atoms with Crippen molar-refractivity contribution in [3.63, 3.8) is 0 Å². The van der Waals surface area contributed by atoms with Crippen molar-refractivity contribution in [2.45, 2.75) is 19.4 Å². The van der Waals surface area contributed by atoms with Crippen LogP contribution < -0.4 is 5.73 Å². The average Bonchev–Trinajstić information content (AvgIpc) is 2.55. The molecule has 1 atom stereocenters. The molecule has 1 aromatic rings. The minimum absolute atomic E-state index is 0. The number of nitrogens with two attached hydrogens (primary N) is 1. The summed E-state index contributed by atoms with van der Waals surface area (Å²) in [6.07, 6.45) is 3.31. The summed E-state index contributed by atoms with van der Waals surface area (Å²) in [5.41, 5.74) is 6.20. The molecular weight excluding hydrogens is 209 g/mol. The molecule has 78 valence electrons. The van der Waals surface area contributed by atoms with Gasteiger partial charge in [-0.25, -0.2) is 9.78 Å². The molecule has 0 aliphatic rings. The number of imidazole rings is 1. The fourth-order valence-corrected chi connectivity index (χ4v) is 0.934. The topological polar surface area (TPSA) is 98.1 Å². The van der Waals surface area contributed by atoms with Crippen molar-refractivity contribution in [3.05, 3.63) is 18.2 Å². The third-order valence-electron chi connectivity index (χ3n) is 1.54. The Labute approximate surface area is 109 Å². The van der Waals surface area contributed by atoms with E-state index in [1.807, 2.05) is 0 Å². The molecule has 0 bridgehead atoms. The summed E-state index contributed by atoms with van der Waals surface area (Å²) in [6, 6.07) is -0.848. The predicted octanol–water partition coefficient (Wildman–Crippen LogP) is -1.28. The summed E-state index contributed by atoms with van der Waals surface area (Å²) in [4.78, 5) is 28.1. The summed E-state index contributed by atoms with van der Waals surface area (Å²) in [5, 5.41) is 0. The molecule has 6 nitrogen and oxygen atoms in total. The molecule has 0 saturated heterocycles. The van der Waals surface area contributed by atoms with Crippen molar-refractivity contribution >= 4 is 41.5 Å². The van der Waals surface area contributed by atoms with Crippen molar-refractivity contribution in [3.8, 4) is 0 Å². The average molecular weight is 221 g/mol. The second-order valence-electron chi connectivity index (χ2n) is 2.80. The Morgan fingerprint density at radius 2 is 2.33 bits per heavy atom. The molecule has 0 aromatic carbocycles. The van der Waals surface area contributed by atoms with Crippen LogP contribution in [-0.4, -0.2) is 57.5 Å². The molecule has 1 aromatic heterocycles. The van der Waals surface area contributed by atoms with Gasteiger partial charge in [-0.15, -0.1) is 0 Å². The Morgan fingerprint density at radius 1 is 1.67 bits per heavy atom. The molecule has 7 heteroatoms. The molecule has 15 heavy (non-hydrogen) atoms. The van der Waals surface area contributed by atoms with Crippen molar-refractivity contribution in [1.29, 1.82) is 0 Å². The third kappa shape index (κ3) is 5.08. The van der Waals surface area contributed by atoms with Crippen LogP contribution in [0, 0.1) is 0 Å². The van der Waals surface area contributed by atoms with Crippen LogP contribution in [0.2, 0.25) is 0 Å². The van der Waals surface area contributed by atoms with E-state index in [4.69, 9.17) is 5.73 Å². The van der Waals surface area contributed by atoms with Crippen molar-refractivity contribution in [1.82, 2.24) is 9.97 Å². The molecule has 0 aliphatic heterocycles. The van der Waals surface area contributed by atoms with E-state index < -0.39 is 18.0 Å². The Balaban J connectivity index is 0.00000196. The second-order valence-corrected chi connectivity index (χ2v) is 2.80. The molecule has 3 N–H and O–H groups in total. The van der Waals surface area contributed by atoms with Gasteiger partial charge < -0.3 is 15.5 Å². The maximum atomic E-state index is 11.1. The Hall–Kier alpha value is -0.690. The van der Waals surface area contributed by atoms with Crippen LogP contribution in [0.15, 0.2) is 12.5 Å². The van der Waals surface area contributed by atoms with E-state index in [0.29, 0.717) is 0 Å². The number of hydrogen-bond acceptors (Lipinski definition) is 5. The second kappa shape index (κ2) is 6.73. The van der Waals surface area contributed by atoms with Crippen LogP contribution in [0.5, 0.6) is 0 Å². The number of hydrogen-bond donors (Lipinski definition) is 2. The number of carbonyl (C=O) groups excluding carboxylic acids is 2. The van der Waals surface area contributed by atoms with E-state index in [1.54, 1.807) is 6.20 Å². The molecule has 0 unspecified atom stereocenters. The molecule has 0 fully saturated rings. The van der Waals surface area contributed by atoms with Gasteiger partial charge in [0.15, 0.2) is 0 Å². The van der Waals surface area contributed by atoms with E-state index in [1.165, 1.54) is 6.33 Å². The zero-order valence-corrected chi connectivity index (χ0v) is 7.69. The zero-order chi connectivity index (χ0) is 10.6. The number of aromatic nitrogens is 2. The fourth-order valence-electron chi connectivity index (χ4n) is 0.934. The van der Waals surface area contributed by atoms with E-state index in [2.05, 4.69) is 14.7 Å². The Morgan fingerprint density at radius 3 is 2.80 bits per heavy atom. The number of aromatic amines is 1. The Kier molecular flexibility index (Phi) is 6.42. The fraction of sp³-hybridized carbons (Fsp3) is 0.375. The van der Waals surface area contributed by atoms with Crippen molar-refractivity contribution < 1.29 is 14.3 Å². The number of rotatable bonds is 3. The van der Waals surface area contributed by atoms with Gasteiger partial charge in [-0.1, -0.05) is 0 Å². The number of carbonyl (C=O) groups is 2. The van der Waals surface area contributed by atoms with Crippen LogP contribution in [-0.2, 0) is 20.7 Å². The summed E-state index contributed by atoms with van der Waals surface area (Å²) in [7, 11) is 0. The van der Waals surface area contributed by atoms with Crippen molar-refractivity contribution in [2.75, 3.05) is 0 Å². The number of esters is 2. The molecule has 1 rings (SSSR count). The molecular formula is C8H12N3NaO3. The monoisotopic (exact) mass is 221 g/mol. The van der Waals surface area contributed by atoms with Gasteiger partial charge in [0, 0.05) is 25.2 Å². The molecule has 1 heterocycles. The van der Waals surface area contributed by atoms with Gasteiger partial charge in [0.2, 0.25) is 0 Å². The van der Waals surface area contributed by atoms with Gasteiger partial charge in [-0.05, 0) is 0 Å². The van der Waals surface area contributed by atoms with E-state index in [0.717, 1.165) is 12.6 Å². The van der Waals surface area contributed by atoms with Crippen LogP contribution in [0.1, 0.15) is 12.6 Å². The van der Waals surface area contributed by atoms with Gasteiger partial charge in [0.1, 0.15) is 6.04 Å². The summed E-state index contributed by atoms with van der Waals surface area (Å²) >= 11 is 0. The van der Waals surface area contributed by atoms with Crippen LogP contribution in [0.4, 0.5) is 0 Å². The van der Waals surface area contributed by atoms with Crippen molar-refractivity contribution in [2.24, 2.45) is 5.73 Å². The number of H-pyrrole nitrogens is 1. The van der Waals surface area contributed by atoms with E-state index in [-0.39, 0.29) is 36.0 Å². The first-order valence-electron chi connectivity index (χ1n) is 4.04. The summed E-state index contributed by atoms with van der Waals surface area (Å²) in [6.45, 7) is 1.15. The third-order valence-corrected chi connectivity index (χ3v) is 1.54. The quantitative estimate of drug-likeness (QED) is 0.376. The van der Waals surface area contributed by atoms with Gasteiger partial charge in [0.05, 0.1) is 6.33 Å². The number of nitrogens with one attached hydrogen (secondary N) is 1. The SMILES string of the molecule is CC(=O)OC(=O)[C@@H](N)Cc1cnc[nH]1.[NaH]. The van der Waals surface area contributed by atoms with Gasteiger partial charge >= 0.3 is 41.5 Å². The molecule has 0 aliphatic carbocycles. The first kappa shape index (κ1) is 14.3. The molecule has 0 saturated carbocycles. The summed E-state index contributed by atoms with van der Waals surface area (Å²) < 4.78 is 4.32. The van der Waals surface area contributed by atoms with E-state index in [9.17, 15) is 9.59 Å². The Bertz CT molecular complexity index is 326. The van der Waals surface area contributed by atoms with Gasteiger partial charge in [-0.2, -0.15) is 0 Å². The number of nitrogens with zero attached hydrogens (tertiary/aromatic N) is 1. The van der Waals surface area contributed by atoms with Gasteiger partial charge in [-0.3, -0.25) is 4.79 Å². The van der Waals surface area contributed by atoms with Crippen LogP contribution >= 0.6 is 0 Å². The first-order chi connectivity index (χ1) is 6.59. The zero-order valence-electron chi connectivity index (χ0n) is 7.69. The van der Waals surface area contributed by atoms with Gasteiger partial charge in [0.25, 0.3) is 0 Å². The van der Waals surface area contributed by atoms with Crippen LogP contribution in [0.25, 0.3) is 0 Å². The maximum absolute atomic E-state index is 11.1. The predicted molar refractivity (Wildman–Crippen MR) is 54.2 cm³/mol. The first-order valence-corrected chi connectivity index (χ1v) is 4.04. The molecule has 0 spiro atoms. The molecule has 0 amide bonds. The van der Waals surface area contributed by atoms with Crippen LogP contribution in [0.3, 0.4) is 0 Å². The minimum atomic E-state index is -0.848. The summed E-state index contributed by atoms with van der Waals surface area (Å²) in [5.74, 6) is -1.39. The standard InChI is InChI=1S/C8H11N3O3.Na.H/c1-5(12)14-8(13)7(9)2-6-3-10-4-11-6;;/h3-4,7H,2,9H2,1H3,(H,10,11);;/t7-;;/m0../s1.